The molecule has 4 heteroatoms. The Labute approximate surface area is 99.6 Å². The molecule has 1 heterocycles. The SMILES string of the molecule is Cc1ccc(N2CCN(S(C)=O)CC2)cc1. The molecule has 1 atom stereocenters. The second kappa shape index (κ2) is 4.97. The normalized spacial score (nSPS) is 19.8. The van der Waals surface area contributed by atoms with Crippen molar-refractivity contribution in [3.05, 3.63) is 29.8 Å². The van der Waals surface area contributed by atoms with Crippen LogP contribution in [-0.2, 0) is 11.0 Å². The Hall–Kier alpha value is -0.870. The zero-order valence-electron chi connectivity index (χ0n) is 9.85. The van der Waals surface area contributed by atoms with Gasteiger partial charge in [0.1, 0.15) is 0 Å². The molecule has 16 heavy (non-hydrogen) atoms. The Balaban J connectivity index is 1.99. The fourth-order valence-electron chi connectivity index (χ4n) is 1.96. The lowest BCUT2D eigenvalue weighted by molar-refractivity contribution is 0.412. The number of piperazine rings is 1. The Kier molecular flexibility index (Phi) is 3.61. The summed E-state index contributed by atoms with van der Waals surface area (Å²) in [5, 5.41) is 0. The summed E-state index contributed by atoms with van der Waals surface area (Å²) in [6.45, 7) is 5.79. The summed E-state index contributed by atoms with van der Waals surface area (Å²) in [6.07, 6.45) is 1.75. The van der Waals surface area contributed by atoms with E-state index in [0.29, 0.717) is 0 Å². The first-order valence-electron chi connectivity index (χ1n) is 5.57. The summed E-state index contributed by atoms with van der Waals surface area (Å²) < 4.78 is 13.3. The molecule has 3 nitrogen and oxygen atoms in total. The molecule has 0 aromatic heterocycles. The van der Waals surface area contributed by atoms with Crippen LogP contribution in [0.25, 0.3) is 0 Å². The van der Waals surface area contributed by atoms with E-state index in [1.165, 1.54) is 11.3 Å². The predicted octanol–water partition coefficient (Wildman–Crippen LogP) is 1.41. The lowest BCUT2D eigenvalue weighted by atomic mass is 10.2. The smallest absolute Gasteiger partial charge is 0.0911 e. The number of rotatable bonds is 2. The van der Waals surface area contributed by atoms with Gasteiger partial charge < -0.3 is 4.90 Å². The second-order valence-electron chi connectivity index (χ2n) is 4.18. The molecule has 2 rings (SSSR count). The highest BCUT2D eigenvalue weighted by Gasteiger charge is 2.18. The number of hydrogen-bond acceptors (Lipinski definition) is 2. The minimum atomic E-state index is -0.820. The van der Waals surface area contributed by atoms with Crippen LogP contribution in [-0.4, -0.2) is 40.9 Å². The van der Waals surface area contributed by atoms with E-state index in [0.717, 1.165) is 26.2 Å². The fraction of sp³-hybridized carbons (Fsp3) is 0.500. The van der Waals surface area contributed by atoms with Gasteiger partial charge in [-0.25, -0.2) is 8.51 Å². The van der Waals surface area contributed by atoms with Crippen LogP contribution >= 0.6 is 0 Å². The third kappa shape index (κ3) is 2.62. The Bertz CT molecular complexity index is 369. The third-order valence-corrected chi connectivity index (χ3v) is 4.09. The van der Waals surface area contributed by atoms with E-state index in [2.05, 4.69) is 36.1 Å². The van der Waals surface area contributed by atoms with Gasteiger partial charge in [0.15, 0.2) is 0 Å². The van der Waals surface area contributed by atoms with Crippen LogP contribution in [0.1, 0.15) is 5.56 Å². The molecule has 0 aliphatic carbocycles. The van der Waals surface area contributed by atoms with Crippen LogP contribution in [0.4, 0.5) is 5.69 Å². The van der Waals surface area contributed by atoms with Gasteiger partial charge in [-0.1, -0.05) is 17.7 Å². The van der Waals surface area contributed by atoms with E-state index >= 15 is 0 Å². The van der Waals surface area contributed by atoms with Gasteiger partial charge in [0, 0.05) is 38.1 Å². The zero-order valence-corrected chi connectivity index (χ0v) is 10.7. The van der Waals surface area contributed by atoms with Gasteiger partial charge in [-0.2, -0.15) is 0 Å². The summed E-state index contributed by atoms with van der Waals surface area (Å²) in [6, 6.07) is 8.60. The maximum atomic E-state index is 11.3. The Morgan fingerprint density at radius 2 is 1.62 bits per heavy atom. The summed E-state index contributed by atoms with van der Waals surface area (Å²) in [4.78, 5) is 2.35. The van der Waals surface area contributed by atoms with Crippen LogP contribution in [0.2, 0.25) is 0 Å². The lowest BCUT2D eigenvalue weighted by Crippen LogP contribution is -2.46. The molecule has 1 unspecified atom stereocenters. The highest BCUT2D eigenvalue weighted by molar-refractivity contribution is 7.81. The molecule has 0 bridgehead atoms. The van der Waals surface area contributed by atoms with Crippen molar-refractivity contribution in [2.75, 3.05) is 37.3 Å². The number of aryl methyl sites for hydroxylation is 1. The standard InChI is InChI=1S/C12H18N2OS/c1-11-3-5-12(6-4-11)13-7-9-14(10-8-13)16(2)15/h3-6H,7-10H2,1-2H3. The van der Waals surface area contributed by atoms with E-state index < -0.39 is 11.0 Å². The third-order valence-electron chi connectivity index (χ3n) is 3.00. The van der Waals surface area contributed by atoms with Crippen molar-refractivity contribution in [1.29, 1.82) is 0 Å². The minimum Gasteiger partial charge on any atom is -0.369 e. The summed E-state index contributed by atoms with van der Waals surface area (Å²) >= 11 is 0. The molecule has 88 valence electrons. The largest absolute Gasteiger partial charge is 0.369 e. The monoisotopic (exact) mass is 238 g/mol. The summed E-state index contributed by atoms with van der Waals surface area (Å²) in [5.41, 5.74) is 2.56. The number of hydrogen-bond donors (Lipinski definition) is 0. The Morgan fingerprint density at radius 3 is 2.12 bits per heavy atom. The molecule has 0 amide bonds. The Morgan fingerprint density at radius 1 is 1.06 bits per heavy atom. The first-order valence-corrected chi connectivity index (χ1v) is 7.08. The van der Waals surface area contributed by atoms with Crippen LogP contribution in [0, 0.1) is 6.92 Å². The summed E-state index contributed by atoms with van der Waals surface area (Å²) in [7, 11) is -0.820. The van der Waals surface area contributed by atoms with Gasteiger partial charge >= 0.3 is 0 Å². The molecule has 1 aromatic carbocycles. The molecule has 0 N–H and O–H groups in total. The maximum Gasteiger partial charge on any atom is 0.0911 e. The molecule has 1 aromatic rings. The second-order valence-corrected chi connectivity index (χ2v) is 5.54. The van der Waals surface area contributed by atoms with Crippen molar-refractivity contribution in [1.82, 2.24) is 4.31 Å². The maximum absolute atomic E-state index is 11.3. The first-order chi connectivity index (χ1) is 7.66. The average molecular weight is 238 g/mol. The number of nitrogens with zero attached hydrogens (tertiary/aromatic N) is 2. The van der Waals surface area contributed by atoms with Gasteiger partial charge in [-0.05, 0) is 19.1 Å². The molecular formula is C12H18N2OS. The van der Waals surface area contributed by atoms with Crippen molar-refractivity contribution >= 4 is 16.7 Å². The molecule has 1 aliphatic heterocycles. The molecule has 0 spiro atoms. The van der Waals surface area contributed by atoms with Crippen LogP contribution in [0.5, 0.6) is 0 Å². The van der Waals surface area contributed by atoms with Gasteiger partial charge in [0.05, 0.1) is 11.0 Å². The lowest BCUT2D eigenvalue weighted by Gasteiger charge is -2.34. The first kappa shape index (κ1) is 11.6. The molecule has 0 saturated carbocycles. The number of benzene rings is 1. The summed E-state index contributed by atoms with van der Waals surface area (Å²) in [5.74, 6) is 0. The average Bonchev–Trinajstić information content (AvgIpc) is 2.30. The van der Waals surface area contributed by atoms with Crippen molar-refractivity contribution in [2.45, 2.75) is 6.92 Å². The van der Waals surface area contributed by atoms with Crippen LogP contribution in [0.15, 0.2) is 24.3 Å². The van der Waals surface area contributed by atoms with Crippen molar-refractivity contribution in [2.24, 2.45) is 0 Å². The van der Waals surface area contributed by atoms with Crippen molar-refractivity contribution in [3.8, 4) is 0 Å². The van der Waals surface area contributed by atoms with E-state index in [-0.39, 0.29) is 0 Å². The van der Waals surface area contributed by atoms with E-state index in [9.17, 15) is 4.21 Å². The van der Waals surface area contributed by atoms with E-state index in [1.54, 1.807) is 6.26 Å². The van der Waals surface area contributed by atoms with E-state index in [4.69, 9.17) is 0 Å². The van der Waals surface area contributed by atoms with Crippen molar-refractivity contribution < 1.29 is 4.21 Å². The van der Waals surface area contributed by atoms with Gasteiger partial charge in [-0.3, -0.25) is 0 Å². The fourth-order valence-corrected chi connectivity index (χ4v) is 2.64. The highest BCUT2D eigenvalue weighted by Crippen LogP contribution is 2.17. The highest BCUT2D eigenvalue weighted by atomic mass is 32.2. The molecule has 1 fully saturated rings. The van der Waals surface area contributed by atoms with E-state index in [1.807, 2.05) is 4.31 Å². The van der Waals surface area contributed by atoms with Gasteiger partial charge in [0.2, 0.25) is 0 Å². The zero-order chi connectivity index (χ0) is 11.5. The molecule has 0 radical (unpaired) electrons. The molecular weight excluding hydrogens is 220 g/mol. The quantitative estimate of drug-likeness (QED) is 0.778. The predicted molar refractivity (Wildman–Crippen MR) is 69.0 cm³/mol. The van der Waals surface area contributed by atoms with Crippen LogP contribution in [0.3, 0.4) is 0 Å². The van der Waals surface area contributed by atoms with Crippen molar-refractivity contribution in [3.63, 3.8) is 0 Å². The molecule has 1 aliphatic rings. The van der Waals surface area contributed by atoms with Gasteiger partial charge in [0.25, 0.3) is 0 Å². The number of anilines is 1. The topological polar surface area (TPSA) is 23.6 Å². The van der Waals surface area contributed by atoms with Gasteiger partial charge in [-0.15, -0.1) is 0 Å². The molecule has 1 saturated heterocycles. The van der Waals surface area contributed by atoms with Crippen LogP contribution < -0.4 is 4.90 Å². The minimum absolute atomic E-state index is 0.820.